The lowest BCUT2D eigenvalue weighted by Crippen LogP contribution is -2.44. The highest BCUT2D eigenvalue weighted by molar-refractivity contribution is 5.11. The van der Waals surface area contributed by atoms with E-state index in [0.29, 0.717) is 5.92 Å². The van der Waals surface area contributed by atoms with Gasteiger partial charge in [-0.25, -0.2) is 9.97 Å². The second-order valence-corrected chi connectivity index (χ2v) is 6.04. The Balaban J connectivity index is 1.71. The second kappa shape index (κ2) is 5.55. The van der Waals surface area contributed by atoms with Gasteiger partial charge in [-0.2, -0.15) is 0 Å². The van der Waals surface area contributed by atoms with Crippen LogP contribution in [-0.4, -0.2) is 22.2 Å². The van der Waals surface area contributed by atoms with E-state index in [4.69, 9.17) is 10.5 Å². The van der Waals surface area contributed by atoms with E-state index in [1.165, 1.54) is 32.1 Å². The summed E-state index contributed by atoms with van der Waals surface area (Å²) in [5, 5.41) is 0. The number of hydrogen-bond acceptors (Lipinski definition) is 4. The molecule has 0 amide bonds. The van der Waals surface area contributed by atoms with Crippen molar-refractivity contribution in [2.45, 2.75) is 56.6 Å². The van der Waals surface area contributed by atoms with Gasteiger partial charge in [-0.3, -0.25) is 0 Å². The fourth-order valence-electron chi connectivity index (χ4n) is 3.67. The van der Waals surface area contributed by atoms with Gasteiger partial charge in [-0.1, -0.05) is 19.3 Å². The van der Waals surface area contributed by atoms with Crippen molar-refractivity contribution in [3.63, 3.8) is 0 Å². The average molecular weight is 261 g/mol. The fourth-order valence-corrected chi connectivity index (χ4v) is 3.67. The topological polar surface area (TPSA) is 61.0 Å². The maximum Gasteiger partial charge on any atom is 0.115 e. The molecule has 1 saturated heterocycles. The zero-order chi connectivity index (χ0) is 13.1. The molecule has 2 atom stereocenters. The van der Waals surface area contributed by atoms with Crippen LogP contribution >= 0.6 is 0 Å². The van der Waals surface area contributed by atoms with Crippen LogP contribution in [0.3, 0.4) is 0 Å². The molecule has 1 aromatic heterocycles. The fraction of sp³-hybridized carbons (Fsp3) is 0.733. The molecular formula is C15H23N3O. The first kappa shape index (κ1) is 13.0. The number of rotatable bonds is 2. The van der Waals surface area contributed by atoms with E-state index in [0.717, 1.165) is 25.0 Å². The Hall–Kier alpha value is -1.00. The third-order valence-corrected chi connectivity index (χ3v) is 4.77. The number of aromatic nitrogens is 2. The quantitative estimate of drug-likeness (QED) is 0.889. The standard InChI is InChI=1S/C15H23N3O/c16-14(13-9-17-11-18-10-13)12-4-7-19-15(8-12)5-2-1-3-6-15/h9-12,14H,1-8,16H2. The summed E-state index contributed by atoms with van der Waals surface area (Å²) in [7, 11) is 0. The molecule has 0 bridgehead atoms. The third-order valence-electron chi connectivity index (χ3n) is 4.77. The summed E-state index contributed by atoms with van der Waals surface area (Å²) in [6.07, 6.45) is 13.8. The lowest BCUT2D eigenvalue weighted by molar-refractivity contribution is -0.120. The molecule has 1 aromatic rings. The van der Waals surface area contributed by atoms with Gasteiger partial charge in [0.2, 0.25) is 0 Å². The van der Waals surface area contributed by atoms with Gasteiger partial charge in [0.15, 0.2) is 0 Å². The first-order chi connectivity index (χ1) is 9.29. The van der Waals surface area contributed by atoms with Crippen molar-refractivity contribution < 1.29 is 4.74 Å². The van der Waals surface area contributed by atoms with Crippen LogP contribution in [0.1, 0.15) is 56.6 Å². The molecule has 104 valence electrons. The highest BCUT2D eigenvalue weighted by Crippen LogP contribution is 2.43. The highest BCUT2D eigenvalue weighted by atomic mass is 16.5. The second-order valence-electron chi connectivity index (χ2n) is 6.04. The first-order valence-corrected chi connectivity index (χ1v) is 7.44. The molecule has 19 heavy (non-hydrogen) atoms. The highest BCUT2D eigenvalue weighted by Gasteiger charge is 2.40. The molecule has 1 aliphatic heterocycles. The molecule has 2 N–H and O–H groups in total. The molecule has 1 spiro atoms. The van der Waals surface area contributed by atoms with Gasteiger partial charge in [-0.05, 0) is 31.6 Å². The largest absolute Gasteiger partial charge is 0.375 e. The predicted octanol–water partition coefficient (Wildman–Crippen LogP) is 2.61. The summed E-state index contributed by atoms with van der Waals surface area (Å²) in [5.41, 5.74) is 7.60. The van der Waals surface area contributed by atoms with Gasteiger partial charge in [0, 0.05) is 30.6 Å². The Kier molecular flexibility index (Phi) is 3.80. The summed E-state index contributed by atoms with van der Waals surface area (Å²) >= 11 is 0. The van der Waals surface area contributed by atoms with Gasteiger partial charge < -0.3 is 10.5 Å². The third kappa shape index (κ3) is 2.79. The normalized spacial score (nSPS) is 28.2. The molecule has 2 unspecified atom stereocenters. The van der Waals surface area contributed by atoms with E-state index in [2.05, 4.69) is 9.97 Å². The zero-order valence-electron chi connectivity index (χ0n) is 11.4. The minimum atomic E-state index is 0.0453. The van der Waals surface area contributed by atoms with Crippen LogP contribution < -0.4 is 5.73 Å². The van der Waals surface area contributed by atoms with Crippen molar-refractivity contribution >= 4 is 0 Å². The van der Waals surface area contributed by atoms with Crippen molar-refractivity contribution in [1.29, 1.82) is 0 Å². The van der Waals surface area contributed by atoms with Gasteiger partial charge in [0.1, 0.15) is 6.33 Å². The molecule has 2 heterocycles. The molecule has 4 heteroatoms. The van der Waals surface area contributed by atoms with Gasteiger partial charge in [0.05, 0.1) is 5.60 Å². The van der Waals surface area contributed by atoms with E-state index in [1.807, 2.05) is 12.4 Å². The Bertz CT molecular complexity index is 398. The minimum absolute atomic E-state index is 0.0453. The first-order valence-electron chi connectivity index (χ1n) is 7.44. The van der Waals surface area contributed by atoms with E-state index in [1.54, 1.807) is 6.33 Å². The zero-order valence-corrected chi connectivity index (χ0v) is 11.4. The van der Waals surface area contributed by atoms with E-state index < -0.39 is 0 Å². The number of hydrogen-bond donors (Lipinski definition) is 1. The van der Waals surface area contributed by atoms with Crippen molar-refractivity contribution in [3.8, 4) is 0 Å². The molecule has 0 radical (unpaired) electrons. The van der Waals surface area contributed by atoms with Crippen LogP contribution in [0, 0.1) is 5.92 Å². The smallest absolute Gasteiger partial charge is 0.115 e. The Morgan fingerprint density at radius 3 is 2.68 bits per heavy atom. The molecule has 0 aromatic carbocycles. The van der Waals surface area contributed by atoms with E-state index in [9.17, 15) is 0 Å². The summed E-state index contributed by atoms with van der Waals surface area (Å²) < 4.78 is 6.14. The van der Waals surface area contributed by atoms with Gasteiger partial charge in [0.25, 0.3) is 0 Å². The van der Waals surface area contributed by atoms with Crippen LogP contribution in [0.15, 0.2) is 18.7 Å². The minimum Gasteiger partial charge on any atom is -0.375 e. The number of nitrogens with zero attached hydrogens (tertiary/aromatic N) is 2. The van der Waals surface area contributed by atoms with E-state index in [-0.39, 0.29) is 11.6 Å². The number of ether oxygens (including phenoxy) is 1. The molecule has 3 rings (SSSR count). The van der Waals surface area contributed by atoms with Crippen LogP contribution in [0.2, 0.25) is 0 Å². The Labute approximate surface area is 114 Å². The van der Waals surface area contributed by atoms with Crippen molar-refractivity contribution in [3.05, 3.63) is 24.3 Å². The van der Waals surface area contributed by atoms with Crippen molar-refractivity contribution in [2.75, 3.05) is 6.61 Å². The van der Waals surface area contributed by atoms with Crippen LogP contribution in [0.5, 0.6) is 0 Å². The average Bonchev–Trinajstić information content (AvgIpc) is 2.48. The van der Waals surface area contributed by atoms with Crippen LogP contribution in [0.25, 0.3) is 0 Å². The summed E-state index contributed by atoms with van der Waals surface area (Å²) in [6, 6.07) is 0.0453. The molecular weight excluding hydrogens is 238 g/mol. The Morgan fingerprint density at radius 1 is 1.21 bits per heavy atom. The Morgan fingerprint density at radius 2 is 1.95 bits per heavy atom. The summed E-state index contributed by atoms with van der Waals surface area (Å²) in [6.45, 7) is 0.853. The molecule has 1 aliphatic carbocycles. The van der Waals surface area contributed by atoms with Gasteiger partial charge >= 0.3 is 0 Å². The summed E-state index contributed by atoms with van der Waals surface area (Å²) in [5.74, 6) is 0.498. The summed E-state index contributed by atoms with van der Waals surface area (Å²) in [4.78, 5) is 8.16. The lowest BCUT2D eigenvalue weighted by Gasteiger charge is -2.45. The lowest BCUT2D eigenvalue weighted by atomic mass is 9.73. The maximum absolute atomic E-state index is 6.42. The molecule has 1 saturated carbocycles. The SMILES string of the molecule is NC(c1cncnc1)C1CCOC2(CCCCC2)C1. The van der Waals surface area contributed by atoms with Crippen molar-refractivity contribution in [1.82, 2.24) is 9.97 Å². The molecule has 2 aliphatic rings. The molecule has 4 nitrogen and oxygen atoms in total. The maximum atomic E-state index is 6.42. The monoisotopic (exact) mass is 261 g/mol. The van der Waals surface area contributed by atoms with Crippen LogP contribution in [-0.2, 0) is 4.74 Å². The van der Waals surface area contributed by atoms with Crippen molar-refractivity contribution in [2.24, 2.45) is 11.7 Å². The predicted molar refractivity (Wildman–Crippen MR) is 73.5 cm³/mol. The van der Waals surface area contributed by atoms with Gasteiger partial charge in [-0.15, -0.1) is 0 Å². The number of nitrogens with two attached hydrogens (primary N) is 1. The van der Waals surface area contributed by atoms with Crippen LogP contribution in [0.4, 0.5) is 0 Å². The van der Waals surface area contributed by atoms with E-state index >= 15 is 0 Å². The molecule has 2 fully saturated rings.